The Labute approximate surface area is 149 Å². The molecule has 6 nitrogen and oxygen atoms in total. The Bertz CT molecular complexity index is 546. The van der Waals surface area contributed by atoms with Crippen molar-refractivity contribution in [1.29, 1.82) is 0 Å². The molecule has 0 radical (unpaired) electrons. The first-order valence-electron chi connectivity index (χ1n) is 8.05. The van der Waals surface area contributed by atoms with Crippen LogP contribution < -0.4 is 15.8 Å². The van der Waals surface area contributed by atoms with Gasteiger partial charge < -0.3 is 20.7 Å². The number of primary amides is 1. The summed E-state index contributed by atoms with van der Waals surface area (Å²) in [5.74, 6) is 0.483. The van der Waals surface area contributed by atoms with Crippen LogP contribution in [0.5, 0.6) is 5.75 Å². The van der Waals surface area contributed by atoms with Crippen LogP contribution >= 0.6 is 12.4 Å². The van der Waals surface area contributed by atoms with E-state index in [4.69, 9.17) is 10.5 Å². The Balaban J connectivity index is 0.00000288. The summed E-state index contributed by atoms with van der Waals surface area (Å²) in [5.41, 5.74) is 5.59. The van der Waals surface area contributed by atoms with E-state index in [1.165, 1.54) is 0 Å². The summed E-state index contributed by atoms with van der Waals surface area (Å²) in [6, 6.07) is 6.99. The molecule has 0 atom stereocenters. The molecule has 0 unspecified atom stereocenters. The summed E-state index contributed by atoms with van der Waals surface area (Å²) < 4.78 is 5.35. The fourth-order valence-electron chi connectivity index (χ4n) is 2.86. The molecule has 0 aromatic heterocycles. The van der Waals surface area contributed by atoms with Crippen molar-refractivity contribution in [1.82, 2.24) is 10.2 Å². The normalized spacial score (nSPS) is 14.8. The lowest BCUT2D eigenvalue weighted by Gasteiger charge is -2.32. The zero-order chi connectivity index (χ0) is 16.7. The number of rotatable bonds is 7. The summed E-state index contributed by atoms with van der Waals surface area (Å²) >= 11 is 0. The quantitative estimate of drug-likeness (QED) is 0.775. The second-order valence-electron chi connectivity index (χ2n) is 5.88. The van der Waals surface area contributed by atoms with Gasteiger partial charge >= 0.3 is 0 Å². The van der Waals surface area contributed by atoms with Crippen LogP contribution in [0.1, 0.15) is 29.6 Å². The number of nitrogens with zero attached hydrogens (tertiary/aromatic N) is 1. The van der Waals surface area contributed by atoms with E-state index in [-0.39, 0.29) is 24.9 Å². The molecule has 3 N–H and O–H groups in total. The minimum absolute atomic E-state index is 0. The number of piperidine rings is 1. The van der Waals surface area contributed by atoms with Crippen molar-refractivity contribution in [2.75, 3.05) is 33.3 Å². The highest BCUT2D eigenvalue weighted by Gasteiger charge is 2.25. The first-order valence-corrected chi connectivity index (χ1v) is 8.05. The predicted molar refractivity (Wildman–Crippen MR) is 95.6 cm³/mol. The number of nitrogens with two attached hydrogens (primary N) is 1. The summed E-state index contributed by atoms with van der Waals surface area (Å²) in [4.78, 5) is 25.4. The molecule has 134 valence electrons. The maximum Gasteiger partial charge on any atom is 0.257 e. The van der Waals surface area contributed by atoms with E-state index in [2.05, 4.69) is 5.32 Å². The molecule has 0 aliphatic carbocycles. The topological polar surface area (TPSA) is 84.7 Å². The molecule has 1 aliphatic rings. The average Bonchev–Trinajstić information content (AvgIpc) is 2.58. The van der Waals surface area contributed by atoms with Crippen molar-refractivity contribution >= 4 is 24.2 Å². The number of likely N-dealkylation sites (tertiary alicyclic amines) is 1. The SMILES string of the molecule is CNCCC1CCN(C(=O)c2ccccc2OCC(N)=O)CC1.Cl. The molecule has 0 saturated carbocycles. The molecule has 7 heteroatoms. The van der Waals surface area contributed by atoms with Gasteiger partial charge in [0.15, 0.2) is 6.61 Å². The van der Waals surface area contributed by atoms with Gasteiger partial charge in [-0.05, 0) is 50.9 Å². The van der Waals surface area contributed by atoms with Crippen LogP contribution in [0.4, 0.5) is 0 Å². The Kier molecular flexibility index (Phi) is 8.57. The van der Waals surface area contributed by atoms with Crippen molar-refractivity contribution < 1.29 is 14.3 Å². The van der Waals surface area contributed by atoms with Crippen molar-refractivity contribution in [3.05, 3.63) is 29.8 Å². The third-order valence-electron chi connectivity index (χ3n) is 4.19. The number of para-hydroxylation sites is 1. The number of halogens is 1. The maximum atomic E-state index is 12.7. The largest absolute Gasteiger partial charge is 0.483 e. The van der Waals surface area contributed by atoms with Gasteiger partial charge in [-0.2, -0.15) is 0 Å². The molecular weight excluding hydrogens is 330 g/mol. The number of hydrogen-bond acceptors (Lipinski definition) is 4. The van der Waals surface area contributed by atoms with Gasteiger partial charge in [-0.3, -0.25) is 9.59 Å². The Morgan fingerprint density at radius 1 is 1.29 bits per heavy atom. The molecule has 1 heterocycles. The monoisotopic (exact) mass is 355 g/mol. The van der Waals surface area contributed by atoms with E-state index in [1.54, 1.807) is 24.3 Å². The van der Waals surface area contributed by atoms with Crippen LogP contribution in [0.3, 0.4) is 0 Å². The second-order valence-corrected chi connectivity index (χ2v) is 5.88. The van der Waals surface area contributed by atoms with Gasteiger partial charge in [-0.1, -0.05) is 12.1 Å². The Morgan fingerprint density at radius 2 is 1.96 bits per heavy atom. The number of carbonyl (C=O) groups excluding carboxylic acids is 2. The van der Waals surface area contributed by atoms with Crippen molar-refractivity contribution in [3.8, 4) is 5.75 Å². The molecule has 0 spiro atoms. The number of hydrogen-bond donors (Lipinski definition) is 2. The number of carbonyl (C=O) groups is 2. The lowest BCUT2D eigenvalue weighted by Crippen LogP contribution is -2.39. The summed E-state index contributed by atoms with van der Waals surface area (Å²) in [5, 5.41) is 3.17. The van der Waals surface area contributed by atoms with E-state index in [0.717, 1.165) is 38.9 Å². The molecule has 1 saturated heterocycles. The van der Waals surface area contributed by atoms with Crippen LogP contribution in [0.2, 0.25) is 0 Å². The van der Waals surface area contributed by atoms with Gasteiger partial charge in [0.2, 0.25) is 0 Å². The van der Waals surface area contributed by atoms with E-state index in [9.17, 15) is 9.59 Å². The van der Waals surface area contributed by atoms with E-state index >= 15 is 0 Å². The first kappa shape index (κ1) is 20.3. The molecule has 1 aromatic carbocycles. The highest BCUT2D eigenvalue weighted by atomic mass is 35.5. The highest BCUT2D eigenvalue weighted by molar-refractivity contribution is 5.97. The molecule has 1 fully saturated rings. The Morgan fingerprint density at radius 3 is 2.58 bits per heavy atom. The molecular formula is C17H26ClN3O3. The highest BCUT2D eigenvalue weighted by Crippen LogP contribution is 2.25. The number of nitrogens with one attached hydrogen (secondary N) is 1. The third kappa shape index (κ3) is 5.69. The second kappa shape index (κ2) is 10.2. The van der Waals surface area contributed by atoms with Crippen LogP contribution in [-0.4, -0.2) is 50.0 Å². The van der Waals surface area contributed by atoms with E-state index in [1.807, 2.05) is 11.9 Å². The molecule has 2 rings (SSSR count). The molecule has 1 aliphatic heterocycles. The van der Waals surface area contributed by atoms with Gasteiger partial charge in [0, 0.05) is 13.1 Å². The van der Waals surface area contributed by atoms with Crippen LogP contribution in [-0.2, 0) is 4.79 Å². The minimum Gasteiger partial charge on any atom is -0.483 e. The van der Waals surface area contributed by atoms with Gasteiger partial charge in [0.05, 0.1) is 5.56 Å². The van der Waals surface area contributed by atoms with Gasteiger partial charge in [0.25, 0.3) is 11.8 Å². The zero-order valence-electron chi connectivity index (χ0n) is 14.0. The van der Waals surface area contributed by atoms with Crippen molar-refractivity contribution in [3.63, 3.8) is 0 Å². The molecule has 24 heavy (non-hydrogen) atoms. The summed E-state index contributed by atoms with van der Waals surface area (Å²) in [6.45, 7) is 2.31. The maximum absolute atomic E-state index is 12.7. The standard InChI is InChI=1S/C17H25N3O3.ClH/c1-19-9-6-13-7-10-20(11-8-13)17(22)14-4-2-3-5-15(14)23-12-16(18)21;/h2-5,13,19H,6-12H2,1H3,(H2,18,21);1H. The van der Waals surface area contributed by atoms with E-state index < -0.39 is 5.91 Å². The van der Waals surface area contributed by atoms with Crippen LogP contribution in [0.25, 0.3) is 0 Å². The summed E-state index contributed by atoms with van der Waals surface area (Å²) in [7, 11) is 1.96. The lowest BCUT2D eigenvalue weighted by molar-refractivity contribution is -0.119. The number of benzene rings is 1. The third-order valence-corrected chi connectivity index (χ3v) is 4.19. The predicted octanol–water partition coefficient (Wildman–Crippen LogP) is 1.43. The van der Waals surface area contributed by atoms with Crippen molar-refractivity contribution in [2.24, 2.45) is 11.7 Å². The average molecular weight is 356 g/mol. The van der Waals surface area contributed by atoms with Crippen molar-refractivity contribution in [2.45, 2.75) is 19.3 Å². The van der Waals surface area contributed by atoms with Gasteiger partial charge in [-0.25, -0.2) is 0 Å². The number of ether oxygens (including phenoxy) is 1. The lowest BCUT2D eigenvalue weighted by atomic mass is 9.93. The van der Waals surface area contributed by atoms with Crippen LogP contribution in [0, 0.1) is 5.92 Å². The first-order chi connectivity index (χ1) is 11.1. The van der Waals surface area contributed by atoms with Crippen LogP contribution in [0.15, 0.2) is 24.3 Å². The zero-order valence-corrected chi connectivity index (χ0v) is 14.8. The van der Waals surface area contributed by atoms with Gasteiger partial charge in [0.1, 0.15) is 5.75 Å². The smallest absolute Gasteiger partial charge is 0.257 e. The Hall–Kier alpha value is -1.79. The minimum atomic E-state index is -0.558. The fraction of sp³-hybridized carbons (Fsp3) is 0.529. The molecule has 0 bridgehead atoms. The van der Waals surface area contributed by atoms with E-state index in [0.29, 0.717) is 17.2 Å². The van der Waals surface area contributed by atoms with Gasteiger partial charge in [-0.15, -0.1) is 12.4 Å². The molecule has 2 amide bonds. The summed E-state index contributed by atoms with van der Waals surface area (Å²) in [6.07, 6.45) is 3.20. The fourth-order valence-corrected chi connectivity index (χ4v) is 2.86. The molecule has 1 aromatic rings. The number of amides is 2.